The fraction of sp³-hybridized carbons (Fsp3) is 0.382. The topological polar surface area (TPSA) is 48.8 Å². The van der Waals surface area contributed by atoms with Gasteiger partial charge >= 0.3 is 6.18 Å². The van der Waals surface area contributed by atoms with Crippen molar-refractivity contribution in [3.8, 4) is 28.6 Å². The van der Waals surface area contributed by atoms with Crippen LogP contribution in [0.4, 0.5) is 13.2 Å². The van der Waals surface area contributed by atoms with Crippen LogP contribution < -0.4 is 14.2 Å². The predicted molar refractivity (Wildman–Crippen MR) is 160 cm³/mol. The number of imidazole rings is 1. The second-order valence-electron chi connectivity index (χ2n) is 10.8. The van der Waals surface area contributed by atoms with Crippen molar-refractivity contribution in [3.63, 3.8) is 0 Å². The van der Waals surface area contributed by atoms with Crippen LogP contribution in [-0.2, 0) is 32.4 Å². The third-order valence-corrected chi connectivity index (χ3v) is 7.46. The van der Waals surface area contributed by atoms with Gasteiger partial charge in [0.1, 0.15) is 24.8 Å². The Hall–Kier alpha value is -3.98. The van der Waals surface area contributed by atoms with Crippen LogP contribution in [0.25, 0.3) is 11.4 Å². The molecule has 4 aromatic rings. The standard InChI is InChI=1S/C34H38F3N3O3/c1-4-6-16-40-29(32(34(35,36)37)38-33(40)28-13-8-7-10-24(28)3)23-39(21-25-11-9-12-27(19-25)41-5-2)22-26-14-15-30-31(20-26)43-18-17-42-30/h7-15,19-20H,4-6,16-18,21-23H2,1-3H3. The quantitative estimate of drug-likeness (QED) is 0.166. The van der Waals surface area contributed by atoms with E-state index in [2.05, 4.69) is 4.98 Å². The Morgan fingerprint density at radius 2 is 1.63 bits per heavy atom. The average molecular weight is 594 g/mol. The number of hydrogen-bond acceptors (Lipinski definition) is 5. The third kappa shape index (κ3) is 7.33. The summed E-state index contributed by atoms with van der Waals surface area (Å²) in [6.45, 7) is 8.62. The molecule has 2 heterocycles. The molecule has 1 aliphatic heterocycles. The van der Waals surface area contributed by atoms with E-state index in [0.717, 1.165) is 35.3 Å². The summed E-state index contributed by atoms with van der Waals surface area (Å²) in [5.41, 5.74) is 2.77. The Morgan fingerprint density at radius 3 is 2.35 bits per heavy atom. The summed E-state index contributed by atoms with van der Waals surface area (Å²) in [7, 11) is 0. The monoisotopic (exact) mass is 593 g/mol. The lowest BCUT2D eigenvalue weighted by Crippen LogP contribution is -2.26. The summed E-state index contributed by atoms with van der Waals surface area (Å²) in [5, 5.41) is 0. The molecule has 0 fully saturated rings. The summed E-state index contributed by atoms with van der Waals surface area (Å²) < 4.78 is 63.0. The van der Waals surface area contributed by atoms with Gasteiger partial charge in [-0.2, -0.15) is 13.2 Å². The van der Waals surface area contributed by atoms with Gasteiger partial charge in [0.25, 0.3) is 0 Å². The average Bonchev–Trinajstić information content (AvgIpc) is 3.34. The van der Waals surface area contributed by atoms with Crippen molar-refractivity contribution in [1.82, 2.24) is 14.5 Å². The number of alkyl halides is 3. The van der Waals surface area contributed by atoms with E-state index in [4.69, 9.17) is 14.2 Å². The Balaban J connectivity index is 1.58. The molecule has 1 aliphatic rings. The number of hydrogen-bond donors (Lipinski definition) is 0. The number of aromatic nitrogens is 2. The van der Waals surface area contributed by atoms with Gasteiger partial charge in [-0.15, -0.1) is 0 Å². The van der Waals surface area contributed by atoms with E-state index in [1.54, 1.807) is 4.57 Å². The molecule has 9 heteroatoms. The maximum absolute atomic E-state index is 14.7. The lowest BCUT2D eigenvalue weighted by molar-refractivity contribution is -0.141. The van der Waals surface area contributed by atoms with Crippen molar-refractivity contribution in [2.24, 2.45) is 0 Å². The van der Waals surface area contributed by atoms with Gasteiger partial charge in [-0.05, 0) is 61.2 Å². The highest BCUT2D eigenvalue weighted by Crippen LogP contribution is 2.37. The van der Waals surface area contributed by atoms with Gasteiger partial charge in [0, 0.05) is 31.7 Å². The maximum Gasteiger partial charge on any atom is 0.435 e. The molecule has 0 atom stereocenters. The number of aryl methyl sites for hydroxylation is 1. The molecule has 0 radical (unpaired) electrons. The molecule has 6 nitrogen and oxygen atoms in total. The predicted octanol–water partition coefficient (Wildman–Crippen LogP) is 8.05. The zero-order valence-electron chi connectivity index (χ0n) is 24.9. The van der Waals surface area contributed by atoms with Crippen LogP contribution in [0.5, 0.6) is 17.2 Å². The van der Waals surface area contributed by atoms with Crippen LogP contribution in [-0.4, -0.2) is 34.3 Å². The smallest absolute Gasteiger partial charge is 0.435 e. The van der Waals surface area contributed by atoms with Gasteiger partial charge in [0.05, 0.1) is 12.3 Å². The Kier molecular flexibility index (Phi) is 9.60. The van der Waals surface area contributed by atoms with E-state index in [0.29, 0.717) is 62.3 Å². The molecule has 43 heavy (non-hydrogen) atoms. The van der Waals surface area contributed by atoms with E-state index < -0.39 is 11.9 Å². The highest BCUT2D eigenvalue weighted by Gasteiger charge is 2.39. The third-order valence-electron chi connectivity index (χ3n) is 7.46. The molecule has 0 aliphatic carbocycles. The lowest BCUT2D eigenvalue weighted by Gasteiger charge is -2.26. The Morgan fingerprint density at radius 1 is 0.884 bits per heavy atom. The molecule has 0 amide bonds. The molecular weight excluding hydrogens is 555 g/mol. The number of fused-ring (bicyclic) bond motifs is 1. The van der Waals surface area contributed by atoms with Crippen molar-refractivity contribution >= 4 is 0 Å². The van der Waals surface area contributed by atoms with Crippen LogP contribution >= 0.6 is 0 Å². The number of rotatable bonds is 12. The first kappa shape index (κ1) is 30.5. The van der Waals surface area contributed by atoms with Gasteiger partial charge in [-0.3, -0.25) is 4.90 Å². The van der Waals surface area contributed by atoms with E-state index in [9.17, 15) is 13.2 Å². The second-order valence-corrected chi connectivity index (χ2v) is 10.8. The van der Waals surface area contributed by atoms with Gasteiger partial charge < -0.3 is 18.8 Å². The number of ether oxygens (including phenoxy) is 3. The van der Waals surface area contributed by atoms with Crippen LogP contribution in [0.2, 0.25) is 0 Å². The molecule has 0 N–H and O–H groups in total. The summed E-state index contributed by atoms with van der Waals surface area (Å²) in [6.07, 6.45) is -3.03. The largest absolute Gasteiger partial charge is 0.494 e. The minimum absolute atomic E-state index is 0.0464. The molecule has 5 rings (SSSR count). The second kappa shape index (κ2) is 13.5. The number of halogens is 3. The Labute approximate surface area is 251 Å². The van der Waals surface area contributed by atoms with Gasteiger partial charge in [-0.25, -0.2) is 4.98 Å². The summed E-state index contributed by atoms with van der Waals surface area (Å²) in [4.78, 5) is 6.30. The zero-order valence-corrected chi connectivity index (χ0v) is 24.9. The van der Waals surface area contributed by atoms with E-state index in [-0.39, 0.29) is 12.2 Å². The summed E-state index contributed by atoms with van der Waals surface area (Å²) >= 11 is 0. The molecule has 0 spiro atoms. The minimum Gasteiger partial charge on any atom is -0.494 e. The highest BCUT2D eigenvalue weighted by molar-refractivity contribution is 5.61. The SMILES string of the molecule is CCCCn1c(-c2ccccc2C)nc(C(F)(F)F)c1CN(Cc1cccc(OCC)c1)Cc1ccc2c(c1)OCCO2. The van der Waals surface area contributed by atoms with Crippen molar-refractivity contribution in [3.05, 3.63) is 94.8 Å². The normalized spacial score (nSPS) is 13.0. The van der Waals surface area contributed by atoms with Crippen molar-refractivity contribution < 1.29 is 27.4 Å². The molecular formula is C34H38F3N3O3. The van der Waals surface area contributed by atoms with Crippen LogP contribution in [0.3, 0.4) is 0 Å². The van der Waals surface area contributed by atoms with E-state index in [1.807, 2.05) is 92.4 Å². The van der Waals surface area contributed by atoms with Crippen molar-refractivity contribution in [1.29, 1.82) is 0 Å². The van der Waals surface area contributed by atoms with Gasteiger partial charge in [0.2, 0.25) is 0 Å². The minimum atomic E-state index is -4.61. The molecule has 0 bridgehead atoms. The first-order chi connectivity index (χ1) is 20.8. The molecule has 0 unspecified atom stereocenters. The lowest BCUT2D eigenvalue weighted by atomic mass is 10.1. The van der Waals surface area contributed by atoms with Gasteiger partial charge in [0.15, 0.2) is 17.2 Å². The molecule has 1 aromatic heterocycles. The molecule has 3 aromatic carbocycles. The molecule has 0 saturated carbocycles. The summed E-state index contributed by atoms with van der Waals surface area (Å²) in [6, 6.07) is 20.9. The first-order valence-corrected chi connectivity index (χ1v) is 14.8. The van der Waals surface area contributed by atoms with Crippen molar-refractivity contribution in [2.75, 3.05) is 19.8 Å². The Bertz CT molecular complexity index is 1530. The number of nitrogens with zero attached hydrogens (tertiary/aromatic N) is 3. The van der Waals surface area contributed by atoms with E-state index in [1.165, 1.54) is 0 Å². The van der Waals surface area contributed by atoms with E-state index >= 15 is 0 Å². The fourth-order valence-corrected chi connectivity index (χ4v) is 5.44. The van der Waals surface area contributed by atoms with Crippen LogP contribution in [0.1, 0.15) is 54.8 Å². The highest BCUT2D eigenvalue weighted by atomic mass is 19.4. The number of unbranched alkanes of at least 4 members (excludes halogenated alkanes) is 1. The van der Waals surface area contributed by atoms with Crippen LogP contribution in [0.15, 0.2) is 66.7 Å². The fourth-order valence-electron chi connectivity index (χ4n) is 5.44. The van der Waals surface area contributed by atoms with Gasteiger partial charge in [-0.1, -0.05) is 55.8 Å². The number of benzene rings is 3. The first-order valence-electron chi connectivity index (χ1n) is 14.8. The molecule has 228 valence electrons. The maximum atomic E-state index is 14.7. The summed E-state index contributed by atoms with van der Waals surface area (Å²) in [5.74, 6) is 2.40. The molecule has 0 saturated heterocycles. The van der Waals surface area contributed by atoms with Crippen LogP contribution in [0, 0.1) is 6.92 Å². The van der Waals surface area contributed by atoms with Crippen molar-refractivity contribution in [2.45, 2.75) is 66.0 Å². The zero-order chi connectivity index (χ0) is 30.4.